The Bertz CT molecular complexity index is 510. The van der Waals surface area contributed by atoms with Gasteiger partial charge in [0.05, 0.1) is 11.7 Å². The molecule has 1 unspecified atom stereocenters. The third kappa shape index (κ3) is 2.60. The van der Waals surface area contributed by atoms with Gasteiger partial charge in [0.2, 0.25) is 0 Å². The average Bonchev–Trinajstić information content (AvgIpc) is 2.32. The minimum Gasteiger partial charge on any atom is -0.383 e. The van der Waals surface area contributed by atoms with Crippen LogP contribution in [0.25, 0.3) is 0 Å². The molecule has 0 spiro atoms. The summed E-state index contributed by atoms with van der Waals surface area (Å²) in [5.74, 6) is 0.538. The minimum absolute atomic E-state index is 0.150. The third-order valence-corrected chi connectivity index (χ3v) is 2.77. The molecule has 0 bridgehead atoms. The van der Waals surface area contributed by atoms with E-state index in [4.69, 9.17) is 11.5 Å². The second-order valence-corrected chi connectivity index (χ2v) is 4.06. The number of anilines is 1. The van der Waals surface area contributed by atoms with E-state index in [0.717, 1.165) is 16.8 Å². The molecule has 2 aromatic rings. The van der Waals surface area contributed by atoms with Gasteiger partial charge >= 0.3 is 0 Å². The maximum Gasteiger partial charge on any atom is 0.126 e. The van der Waals surface area contributed by atoms with E-state index in [9.17, 15) is 0 Å². The molecule has 4 nitrogen and oxygen atoms in total. The zero-order valence-electron chi connectivity index (χ0n) is 9.80. The quantitative estimate of drug-likeness (QED) is 0.836. The Labute approximate surface area is 101 Å². The van der Waals surface area contributed by atoms with Gasteiger partial charge in [-0.15, -0.1) is 0 Å². The SMILES string of the molecule is Cc1cccnc1C(N)Cc1cccnc1N. The molecule has 1 atom stereocenters. The Morgan fingerprint density at radius 1 is 1.18 bits per heavy atom. The highest BCUT2D eigenvalue weighted by molar-refractivity contribution is 5.39. The number of aryl methyl sites for hydroxylation is 1. The molecule has 17 heavy (non-hydrogen) atoms. The van der Waals surface area contributed by atoms with Gasteiger partial charge in [-0.1, -0.05) is 12.1 Å². The maximum absolute atomic E-state index is 6.15. The summed E-state index contributed by atoms with van der Waals surface area (Å²) in [7, 11) is 0. The number of hydrogen-bond acceptors (Lipinski definition) is 4. The topological polar surface area (TPSA) is 77.8 Å². The van der Waals surface area contributed by atoms with Crippen molar-refractivity contribution in [1.82, 2.24) is 9.97 Å². The molecule has 0 aromatic carbocycles. The molecule has 0 saturated carbocycles. The van der Waals surface area contributed by atoms with Crippen LogP contribution in [0.3, 0.4) is 0 Å². The van der Waals surface area contributed by atoms with Crippen molar-refractivity contribution in [2.75, 3.05) is 5.73 Å². The lowest BCUT2D eigenvalue weighted by Crippen LogP contribution is -2.17. The lowest BCUT2D eigenvalue weighted by molar-refractivity contribution is 0.690. The molecule has 0 amide bonds. The molecular formula is C13H16N4. The summed E-state index contributed by atoms with van der Waals surface area (Å²) in [6.07, 6.45) is 4.09. The molecule has 0 aliphatic carbocycles. The summed E-state index contributed by atoms with van der Waals surface area (Å²) < 4.78 is 0. The maximum atomic E-state index is 6.15. The summed E-state index contributed by atoms with van der Waals surface area (Å²) in [5.41, 5.74) is 14.9. The largest absolute Gasteiger partial charge is 0.383 e. The highest BCUT2D eigenvalue weighted by atomic mass is 14.8. The molecule has 4 heteroatoms. The Balaban J connectivity index is 2.20. The molecule has 2 rings (SSSR count). The van der Waals surface area contributed by atoms with Crippen LogP contribution >= 0.6 is 0 Å². The lowest BCUT2D eigenvalue weighted by Gasteiger charge is -2.14. The Kier molecular flexibility index (Phi) is 3.35. The van der Waals surface area contributed by atoms with E-state index in [2.05, 4.69) is 9.97 Å². The van der Waals surface area contributed by atoms with E-state index in [-0.39, 0.29) is 6.04 Å². The van der Waals surface area contributed by atoms with Crippen LogP contribution in [0, 0.1) is 6.92 Å². The normalized spacial score (nSPS) is 12.4. The first kappa shape index (κ1) is 11.5. The monoisotopic (exact) mass is 228 g/mol. The molecule has 0 aliphatic heterocycles. The summed E-state index contributed by atoms with van der Waals surface area (Å²) in [4.78, 5) is 8.37. The van der Waals surface area contributed by atoms with Gasteiger partial charge in [0.15, 0.2) is 0 Å². The van der Waals surface area contributed by atoms with Gasteiger partial charge in [-0.3, -0.25) is 4.98 Å². The lowest BCUT2D eigenvalue weighted by atomic mass is 10.0. The van der Waals surface area contributed by atoms with Crippen LogP contribution in [0.1, 0.15) is 22.9 Å². The van der Waals surface area contributed by atoms with Crippen LogP contribution < -0.4 is 11.5 Å². The molecule has 2 heterocycles. The average molecular weight is 228 g/mol. The molecule has 0 saturated heterocycles. The highest BCUT2D eigenvalue weighted by Gasteiger charge is 2.12. The fraction of sp³-hybridized carbons (Fsp3) is 0.231. The number of nitrogens with two attached hydrogens (primary N) is 2. The molecule has 0 aliphatic rings. The van der Waals surface area contributed by atoms with Crippen LogP contribution in [0.5, 0.6) is 0 Å². The minimum atomic E-state index is -0.150. The van der Waals surface area contributed by atoms with Crippen molar-refractivity contribution in [2.24, 2.45) is 5.73 Å². The van der Waals surface area contributed by atoms with E-state index >= 15 is 0 Å². The Morgan fingerprint density at radius 3 is 2.59 bits per heavy atom. The van der Waals surface area contributed by atoms with Crippen molar-refractivity contribution in [2.45, 2.75) is 19.4 Å². The van der Waals surface area contributed by atoms with Crippen molar-refractivity contribution in [3.63, 3.8) is 0 Å². The number of nitrogens with zero attached hydrogens (tertiary/aromatic N) is 2. The second kappa shape index (κ2) is 4.93. The van der Waals surface area contributed by atoms with Gasteiger partial charge in [-0.05, 0) is 36.6 Å². The smallest absolute Gasteiger partial charge is 0.126 e. The van der Waals surface area contributed by atoms with Crippen molar-refractivity contribution < 1.29 is 0 Å². The number of pyridine rings is 2. The summed E-state index contributed by atoms with van der Waals surface area (Å²) in [6, 6.07) is 7.57. The number of nitrogen functional groups attached to an aromatic ring is 1. The van der Waals surface area contributed by atoms with E-state index in [1.54, 1.807) is 12.4 Å². The number of hydrogen-bond donors (Lipinski definition) is 2. The first-order chi connectivity index (χ1) is 8.18. The number of aromatic nitrogens is 2. The number of rotatable bonds is 3. The highest BCUT2D eigenvalue weighted by Crippen LogP contribution is 2.19. The van der Waals surface area contributed by atoms with Crippen LogP contribution in [0.4, 0.5) is 5.82 Å². The van der Waals surface area contributed by atoms with Crippen molar-refractivity contribution in [3.8, 4) is 0 Å². The zero-order valence-corrected chi connectivity index (χ0v) is 9.80. The second-order valence-electron chi connectivity index (χ2n) is 4.06. The third-order valence-electron chi connectivity index (χ3n) is 2.77. The molecule has 88 valence electrons. The van der Waals surface area contributed by atoms with Gasteiger partial charge in [0.1, 0.15) is 5.82 Å². The first-order valence-electron chi connectivity index (χ1n) is 5.55. The molecular weight excluding hydrogens is 212 g/mol. The van der Waals surface area contributed by atoms with E-state index in [1.165, 1.54) is 0 Å². The van der Waals surface area contributed by atoms with Gasteiger partial charge in [0, 0.05) is 12.4 Å². The van der Waals surface area contributed by atoms with E-state index in [1.807, 2.05) is 31.2 Å². The van der Waals surface area contributed by atoms with Crippen LogP contribution in [0.2, 0.25) is 0 Å². The van der Waals surface area contributed by atoms with Gasteiger partial charge in [-0.2, -0.15) is 0 Å². The predicted octanol–water partition coefficient (Wildman–Crippen LogP) is 1.61. The zero-order chi connectivity index (χ0) is 12.3. The van der Waals surface area contributed by atoms with E-state index in [0.29, 0.717) is 12.2 Å². The fourth-order valence-electron chi connectivity index (χ4n) is 1.84. The standard InChI is InChI=1S/C13H16N4/c1-9-4-2-6-16-12(9)11(14)8-10-5-3-7-17-13(10)15/h2-7,11H,8,14H2,1H3,(H2,15,17). The van der Waals surface area contributed by atoms with Crippen molar-refractivity contribution in [3.05, 3.63) is 53.5 Å². The van der Waals surface area contributed by atoms with Gasteiger partial charge in [-0.25, -0.2) is 4.98 Å². The Morgan fingerprint density at radius 2 is 1.88 bits per heavy atom. The van der Waals surface area contributed by atoms with Crippen LogP contribution in [-0.2, 0) is 6.42 Å². The van der Waals surface area contributed by atoms with Gasteiger partial charge < -0.3 is 11.5 Å². The van der Waals surface area contributed by atoms with Crippen LogP contribution in [-0.4, -0.2) is 9.97 Å². The van der Waals surface area contributed by atoms with E-state index < -0.39 is 0 Å². The van der Waals surface area contributed by atoms with Crippen LogP contribution in [0.15, 0.2) is 36.7 Å². The fourth-order valence-corrected chi connectivity index (χ4v) is 1.84. The predicted molar refractivity (Wildman–Crippen MR) is 68.3 cm³/mol. The summed E-state index contributed by atoms with van der Waals surface area (Å²) >= 11 is 0. The molecule has 0 fully saturated rings. The summed E-state index contributed by atoms with van der Waals surface area (Å²) in [6.45, 7) is 2.01. The molecule has 4 N–H and O–H groups in total. The van der Waals surface area contributed by atoms with Gasteiger partial charge in [0.25, 0.3) is 0 Å². The van der Waals surface area contributed by atoms with Crippen molar-refractivity contribution >= 4 is 5.82 Å². The molecule has 2 aromatic heterocycles. The van der Waals surface area contributed by atoms with Crippen molar-refractivity contribution in [1.29, 1.82) is 0 Å². The first-order valence-corrected chi connectivity index (χ1v) is 5.55. The Hall–Kier alpha value is -1.94. The summed E-state index contributed by atoms with van der Waals surface area (Å²) in [5, 5.41) is 0. The molecule has 0 radical (unpaired) electrons.